The molecule has 1 spiro atoms. The van der Waals surface area contributed by atoms with Crippen molar-refractivity contribution in [1.29, 1.82) is 0 Å². The summed E-state index contributed by atoms with van der Waals surface area (Å²) in [5.41, 5.74) is 2.46. The number of allylic oxidation sites excluding steroid dienone is 3. The molecule has 0 unspecified atom stereocenters. The van der Waals surface area contributed by atoms with Crippen LogP contribution in [0.1, 0.15) is 39.7 Å². The minimum atomic E-state index is -1.63. The Kier molecular flexibility index (Phi) is 7.08. The van der Waals surface area contributed by atoms with Crippen molar-refractivity contribution in [3.63, 3.8) is 0 Å². The minimum Gasteiger partial charge on any atom is -0.388 e. The number of hydrogen-bond acceptors (Lipinski definition) is 5. The normalized spacial score (nSPS) is 36.7. The Balaban J connectivity index is 1.65. The molecule has 1 aliphatic heterocycles. The maximum absolute atomic E-state index is 14.2. The molecule has 5 rings (SSSR count). The maximum Gasteiger partial charge on any atom is 0.235 e. The second-order valence-electron chi connectivity index (χ2n) is 11.4. The highest BCUT2D eigenvalue weighted by atomic mass is 16.3. The zero-order chi connectivity index (χ0) is 28.1. The van der Waals surface area contributed by atoms with E-state index in [1.165, 1.54) is 0 Å². The van der Waals surface area contributed by atoms with E-state index >= 15 is 0 Å². The predicted molar refractivity (Wildman–Crippen MR) is 150 cm³/mol. The molecule has 1 aromatic carbocycles. The fourth-order valence-electron chi connectivity index (χ4n) is 6.88. The van der Waals surface area contributed by atoms with Crippen molar-refractivity contribution >= 4 is 28.4 Å². The minimum absolute atomic E-state index is 0.00187. The van der Waals surface area contributed by atoms with Gasteiger partial charge in [-0.25, -0.2) is 0 Å². The van der Waals surface area contributed by atoms with Gasteiger partial charge in [-0.1, -0.05) is 48.9 Å². The molecular weight excluding hydrogens is 492 g/mol. The highest BCUT2D eigenvalue weighted by Crippen LogP contribution is 2.55. The zero-order valence-electron chi connectivity index (χ0n) is 22.8. The maximum atomic E-state index is 14.2. The number of nitrogens with one attached hydrogen (secondary N) is 2. The van der Waals surface area contributed by atoms with E-state index in [9.17, 15) is 24.6 Å². The molecule has 7 nitrogen and oxygen atoms in total. The molecule has 7 atom stereocenters. The number of benzene rings is 1. The lowest BCUT2D eigenvalue weighted by atomic mass is 9.55. The smallest absolute Gasteiger partial charge is 0.235 e. The molecule has 7 heteroatoms. The largest absolute Gasteiger partial charge is 0.388 e. The van der Waals surface area contributed by atoms with Crippen LogP contribution in [0.4, 0.5) is 0 Å². The standard InChI is InChI=1S/C32H36N2O5/c1-17-8-7-10-23-30(38)20(4)19(3)28-25(15-21-16-33-24-11-6-5-9-22(21)24)34-31(39)32(23,28)27(36)13-12-26(35)29(37)18(2)14-17/h5-7,9-14,16-17,23,25,28-30,33,37-38H,8,15H2,1-4H3,(H,34,39)/b10-7+,13-12-,18-14+/t17-,23-,25-,28-,29+,30+,32+/m0/s1. The van der Waals surface area contributed by atoms with Gasteiger partial charge in [-0.15, -0.1) is 0 Å². The summed E-state index contributed by atoms with van der Waals surface area (Å²) in [5.74, 6) is -2.94. The molecular formula is C32H36N2O5. The van der Waals surface area contributed by atoms with E-state index in [4.69, 9.17) is 0 Å². The number of aliphatic hydroxyl groups is 2. The number of carbonyl (C=O) groups is 3. The van der Waals surface area contributed by atoms with Crippen molar-refractivity contribution in [2.75, 3.05) is 0 Å². The van der Waals surface area contributed by atoms with Crippen molar-refractivity contribution in [2.45, 2.75) is 58.8 Å². The number of ketones is 2. The monoisotopic (exact) mass is 528 g/mol. The van der Waals surface area contributed by atoms with Gasteiger partial charge in [-0.3, -0.25) is 14.4 Å². The third-order valence-corrected chi connectivity index (χ3v) is 9.00. The summed E-state index contributed by atoms with van der Waals surface area (Å²) in [6.45, 7) is 7.40. The van der Waals surface area contributed by atoms with E-state index in [2.05, 4.69) is 10.3 Å². The van der Waals surface area contributed by atoms with E-state index in [1.807, 2.05) is 69.5 Å². The van der Waals surface area contributed by atoms with Gasteiger partial charge in [0, 0.05) is 35.0 Å². The van der Waals surface area contributed by atoms with Gasteiger partial charge in [0.1, 0.15) is 11.5 Å². The molecule has 0 saturated carbocycles. The van der Waals surface area contributed by atoms with Crippen LogP contribution in [0, 0.1) is 23.2 Å². The predicted octanol–water partition coefficient (Wildman–Crippen LogP) is 3.74. The summed E-state index contributed by atoms with van der Waals surface area (Å²) >= 11 is 0. The number of aliphatic hydroxyl groups excluding tert-OH is 2. The third kappa shape index (κ3) is 4.34. The van der Waals surface area contributed by atoms with Gasteiger partial charge in [0.2, 0.25) is 5.91 Å². The van der Waals surface area contributed by atoms with E-state index in [0.29, 0.717) is 18.4 Å². The molecule has 0 radical (unpaired) electrons. The number of carbonyl (C=O) groups excluding carboxylic acids is 3. The number of aromatic nitrogens is 1. The van der Waals surface area contributed by atoms with E-state index < -0.39 is 53.0 Å². The Morgan fingerprint density at radius 2 is 1.77 bits per heavy atom. The van der Waals surface area contributed by atoms with Crippen molar-refractivity contribution in [3.8, 4) is 0 Å². The van der Waals surface area contributed by atoms with E-state index in [-0.39, 0.29) is 5.92 Å². The summed E-state index contributed by atoms with van der Waals surface area (Å²) in [6, 6.07) is 7.55. The molecule has 204 valence electrons. The number of fused-ring (bicyclic) bond motifs is 1. The van der Waals surface area contributed by atoms with Crippen LogP contribution < -0.4 is 5.32 Å². The zero-order valence-corrected chi connectivity index (χ0v) is 22.8. The van der Waals surface area contributed by atoms with E-state index in [1.54, 1.807) is 6.92 Å². The van der Waals surface area contributed by atoms with Crippen LogP contribution in [0.3, 0.4) is 0 Å². The number of para-hydroxylation sites is 1. The first-order valence-electron chi connectivity index (χ1n) is 13.6. The molecule has 1 fully saturated rings. The topological polar surface area (TPSA) is 119 Å². The first-order chi connectivity index (χ1) is 18.6. The van der Waals surface area contributed by atoms with Crippen LogP contribution >= 0.6 is 0 Å². The first kappa shape index (κ1) is 27.0. The molecule has 1 aromatic heterocycles. The fraction of sp³-hybridized carbons (Fsp3) is 0.406. The number of rotatable bonds is 2. The van der Waals surface area contributed by atoms with Gasteiger partial charge >= 0.3 is 0 Å². The van der Waals surface area contributed by atoms with Gasteiger partial charge in [-0.2, -0.15) is 0 Å². The van der Waals surface area contributed by atoms with Crippen molar-refractivity contribution in [2.24, 2.45) is 23.2 Å². The van der Waals surface area contributed by atoms with Gasteiger partial charge in [0.25, 0.3) is 0 Å². The fourth-order valence-corrected chi connectivity index (χ4v) is 6.88. The number of aromatic amines is 1. The van der Waals surface area contributed by atoms with Gasteiger partial charge in [-0.05, 0) is 74.5 Å². The number of H-pyrrole nitrogens is 1. The highest BCUT2D eigenvalue weighted by molar-refractivity contribution is 6.15. The molecule has 2 aromatic rings. The van der Waals surface area contributed by atoms with Crippen molar-refractivity contribution in [3.05, 3.63) is 83.1 Å². The van der Waals surface area contributed by atoms with Gasteiger partial charge in [0.15, 0.2) is 11.6 Å². The highest BCUT2D eigenvalue weighted by Gasteiger charge is 2.66. The molecule has 1 amide bonds. The summed E-state index contributed by atoms with van der Waals surface area (Å²) in [6.07, 6.45) is 8.34. The Hall–Kier alpha value is -3.55. The Morgan fingerprint density at radius 3 is 2.54 bits per heavy atom. The lowest BCUT2D eigenvalue weighted by Gasteiger charge is -2.45. The Bertz CT molecular complexity index is 1460. The SMILES string of the molecule is CC1=C(C)[C@H]2[C@H](Cc3c[nH]c4ccccc34)NC(=O)[C@]23C(=O)/C=C\C(=O)[C@H](O)/C(C)=C/[C@@H](C)C/C=C/[C@H]3[C@@H]1O. The molecule has 2 heterocycles. The lowest BCUT2D eigenvalue weighted by molar-refractivity contribution is -0.144. The second kappa shape index (κ2) is 10.2. The summed E-state index contributed by atoms with van der Waals surface area (Å²) in [7, 11) is 0. The lowest BCUT2D eigenvalue weighted by Crippen LogP contribution is -2.55. The van der Waals surface area contributed by atoms with Gasteiger partial charge in [0.05, 0.1) is 6.10 Å². The quantitative estimate of drug-likeness (QED) is 0.350. The average Bonchev–Trinajstić information content (AvgIpc) is 3.45. The van der Waals surface area contributed by atoms with Crippen LogP contribution in [0.2, 0.25) is 0 Å². The molecule has 39 heavy (non-hydrogen) atoms. The molecule has 4 N–H and O–H groups in total. The van der Waals surface area contributed by atoms with E-state index in [0.717, 1.165) is 39.8 Å². The van der Waals surface area contributed by atoms with Crippen LogP contribution in [0.25, 0.3) is 10.9 Å². The molecule has 2 aliphatic carbocycles. The van der Waals surface area contributed by atoms with Crippen LogP contribution in [0.15, 0.2) is 77.6 Å². The Morgan fingerprint density at radius 1 is 1.03 bits per heavy atom. The van der Waals surface area contributed by atoms with Gasteiger partial charge < -0.3 is 20.5 Å². The summed E-state index contributed by atoms with van der Waals surface area (Å²) < 4.78 is 0. The molecule has 3 aliphatic rings. The summed E-state index contributed by atoms with van der Waals surface area (Å²) in [5, 5.41) is 26.2. The molecule has 0 bridgehead atoms. The van der Waals surface area contributed by atoms with Crippen LogP contribution in [-0.2, 0) is 20.8 Å². The second-order valence-corrected chi connectivity index (χ2v) is 11.4. The van der Waals surface area contributed by atoms with Crippen molar-refractivity contribution < 1.29 is 24.6 Å². The Labute approximate surface area is 228 Å². The van der Waals surface area contributed by atoms with Crippen molar-refractivity contribution in [1.82, 2.24) is 10.3 Å². The molecule has 1 saturated heterocycles. The summed E-state index contributed by atoms with van der Waals surface area (Å²) in [4.78, 5) is 44.3. The third-order valence-electron chi connectivity index (χ3n) is 9.00. The van der Waals surface area contributed by atoms with Crippen LogP contribution in [0.5, 0.6) is 0 Å². The van der Waals surface area contributed by atoms with Crippen LogP contribution in [-0.4, -0.2) is 50.9 Å². The number of hydrogen-bond donors (Lipinski definition) is 4. The number of amides is 1. The first-order valence-corrected chi connectivity index (χ1v) is 13.6. The average molecular weight is 529 g/mol.